The van der Waals surface area contributed by atoms with E-state index in [1.54, 1.807) is 30.5 Å². The van der Waals surface area contributed by atoms with Crippen LogP contribution in [0.1, 0.15) is 0 Å². The van der Waals surface area contributed by atoms with Gasteiger partial charge in [-0.05, 0) is 42.5 Å². The largest absolute Gasteiger partial charge is 0.461 e. The number of carbonyl (C=O) groups excluding carboxylic acids is 1. The maximum atomic E-state index is 12.1. The minimum absolute atomic E-state index is 0.367. The Bertz CT molecular complexity index is 1180. The summed E-state index contributed by atoms with van der Waals surface area (Å²) in [7, 11) is 0. The molecule has 7 nitrogen and oxygen atoms in total. The number of amides is 2. The lowest BCUT2D eigenvalue weighted by molar-refractivity contribution is 0.252. The fourth-order valence-corrected chi connectivity index (χ4v) is 3.30. The van der Waals surface area contributed by atoms with Crippen LogP contribution in [0.2, 0.25) is 10.0 Å². The number of nitrogens with zero attached hydrogens (tertiary/aromatic N) is 2. The van der Waals surface area contributed by atoms with Gasteiger partial charge in [0.15, 0.2) is 11.6 Å². The SMILES string of the molecule is O=C(NCCNc1nc(-c2ccco2)nc2ccccc12)Nc1ccc(Cl)cc1Cl. The van der Waals surface area contributed by atoms with Crippen molar-refractivity contribution in [2.75, 3.05) is 23.7 Å². The first kappa shape index (κ1) is 20.0. The number of fused-ring (bicyclic) bond motifs is 1. The molecule has 0 saturated carbocycles. The number of furan rings is 1. The van der Waals surface area contributed by atoms with Gasteiger partial charge in [0.2, 0.25) is 0 Å². The number of hydrogen-bond donors (Lipinski definition) is 3. The molecule has 2 aromatic heterocycles. The summed E-state index contributed by atoms with van der Waals surface area (Å²) in [6.07, 6.45) is 1.58. The van der Waals surface area contributed by atoms with Crippen molar-refractivity contribution in [2.24, 2.45) is 0 Å². The topological polar surface area (TPSA) is 92.1 Å². The number of halogens is 2. The second-order valence-electron chi connectivity index (χ2n) is 6.32. The molecule has 0 spiro atoms. The molecule has 0 aliphatic rings. The third-order valence-corrected chi connectivity index (χ3v) is 4.77. The zero-order chi connectivity index (χ0) is 20.9. The zero-order valence-corrected chi connectivity index (χ0v) is 17.2. The van der Waals surface area contributed by atoms with Gasteiger partial charge in [0.05, 0.1) is 22.5 Å². The highest BCUT2D eigenvalue weighted by atomic mass is 35.5. The van der Waals surface area contributed by atoms with Gasteiger partial charge in [-0.1, -0.05) is 35.3 Å². The maximum absolute atomic E-state index is 12.1. The molecule has 0 bridgehead atoms. The lowest BCUT2D eigenvalue weighted by atomic mass is 10.2. The summed E-state index contributed by atoms with van der Waals surface area (Å²) in [5.41, 5.74) is 1.28. The van der Waals surface area contributed by atoms with E-state index in [0.717, 1.165) is 10.9 Å². The first-order valence-electron chi connectivity index (χ1n) is 9.14. The molecular weight excluding hydrogens is 425 g/mol. The summed E-state index contributed by atoms with van der Waals surface area (Å²) in [5.74, 6) is 1.74. The average Bonchev–Trinajstić information content (AvgIpc) is 3.28. The molecule has 0 radical (unpaired) electrons. The van der Waals surface area contributed by atoms with Crippen molar-refractivity contribution in [3.8, 4) is 11.6 Å². The van der Waals surface area contributed by atoms with Crippen molar-refractivity contribution in [2.45, 2.75) is 0 Å². The van der Waals surface area contributed by atoms with E-state index in [-0.39, 0.29) is 6.03 Å². The molecular formula is C21H17Cl2N5O2. The van der Waals surface area contributed by atoms with E-state index in [4.69, 9.17) is 27.6 Å². The van der Waals surface area contributed by atoms with Gasteiger partial charge in [0.25, 0.3) is 0 Å². The Labute approximate surface area is 182 Å². The van der Waals surface area contributed by atoms with E-state index in [9.17, 15) is 4.79 Å². The molecule has 0 fully saturated rings. The van der Waals surface area contributed by atoms with Gasteiger partial charge in [-0.25, -0.2) is 14.8 Å². The molecule has 152 valence electrons. The van der Waals surface area contributed by atoms with E-state index in [1.165, 1.54) is 0 Å². The van der Waals surface area contributed by atoms with Gasteiger partial charge >= 0.3 is 6.03 Å². The van der Waals surface area contributed by atoms with E-state index in [0.29, 0.717) is 46.2 Å². The number of anilines is 2. The first-order valence-corrected chi connectivity index (χ1v) is 9.90. The van der Waals surface area contributed by atoms with E-state index in [2.05, 4.69) is 25.9 Å². The third-order valence-electron chi connectivity index (χ3n) is 4.23. The maximum Gasteiger partial charge on any atom is 0.319 e. The van der Waals surface area contributed by atoms with Crippen molar-refractivity contribution < 1.29 is 9.21 Å². The summed E-state index contributed by atoms with van der Waals surface area (Å²) in [6, 6.07) is 15.8. The Morgan fingerprint density at radius 2 is 1.87 bits per heavy atom. The van der Waals surface area contributed by atoms with Crippen LogP contribution < -0.4 is 16.0 Å². The predicted octanol–water partition coefficient (Wildman–Crippen LogP) is 5.43. The van der Waals surface area contributed by atoms with Crippen LogP contribution in [0.5, 0.6) is 0 Å². The quantitative estimate of drug-likeness (QED) is 0.347. The second-order valence-corrected chi connectivity index (χ2v) is 7.17. The fraction of sp³-hybridized carbons (Fsp3) is 0.0952. The Morgan fingerprint density at radius 1 is 1.00 bits per heavy atom. The molecule has 0 aliphatic heterocycles. The van der Waals surface area contributed by atoms with Gasteiger partial charge < -0.3 is 20.4 Å². The summed E-state index contributed by atoms with van der Waals surface area (Å²) in [6.45, 7) is 0.825. The molecule has 30 heavy (non-hydrogen) atoms. The smallest absolute Gasteiger partial charge is 0.319 e. The Hall–Kier alpha value is -3.29. The molecule has 2 heterocycles. The molecule has 0 aliphatic carbocycles. The lowest BCUT2D eigenvalue weighted by Gasteiger charge is -2.12. The molecule has 4 rings (SSSR count). The van der Waals surface area contributed by atoms with Crippen LogP contribution in [0, 0.1) is 0 Å². The second kappa shape index (κ2) is 9.02. The minimum Gasteiger partial charge on any atom is -0.461 e. The number of rotatable bonds is 6. The van der Waals surface area contributed by atoms with Crippen LogP contribution in [0.3, 0.4) is 0 Å². The highest BCUT2D eigenvalue weighted by Gasteiger charge is 2.11. The van der Waals surface area contributed by atoms with Gasteiger partial charge in [-0.2, -0.15) is 0 Å². The van der Waals surface area contributed by atoms with Gasteiger partial charge in [0.1, 0.15) is 5.82 Å². The first-order chi connectivity index (χ1) is 14.6. The van der Waals surface area contributed by atoms with Crippen molar-refractivity contribution in [3.63, 3.8) is 0 Å². The number of urea groups is 1. The van der Waals surface area contributed by atoms with E-state index >= 15 is 0 Å². The van der Waals surface area contributed by atoms with Crippen molar-refractivity contribution in [1.82, 2.24) is 15.3 Å². The Kier molecular flexibility index (Phi) is 6.02. The number of nitrogens with one attached hydrogen (secondary N) is 3. The summed E-state index contributed by atoms with van der Waals surface area (Å²) in [4.78, 5) is 21.2. The molecule has 0 saturated heterocycles. The molecule has 4 aromatic rings. The monoisotopic (exact) mass is 441 g/mol. The standard InChI is InChI=1S/C21H17Cl2N5O2/c22-13-7-8-17(15(23)12-13)27-21(29)25-10-9-24-19-14-4-1-2-5-16(14)26-20(28-19)18-6-3-11-30-18/h1-8,11-12H,9-10H2,(H,24,26,28)(H2,25,27,29). The van der Waals surface area contributed by atoms with Crippen LogP contribution >= 0.6 is 23.2 Å². The zero-order valence-electron chi connectivity index (χ0n) is 15.7. The van der Waals surface area contributed by atoms with Gasteiger partial charge in [0, 0.05) is 23.5 Å². The number of para-hydroxylation sites is 1. The van der Waals surface area contributed by atoms with E-state index < -0.39 is 0 Å². The molecule has 0 unspecified atom stereocenters. The molecule has 2 aromatic carbocycles. The van der Waals surface area contributed by atoms with Crippen molar-refractivity contribution in [3.05, 3.63) is 70.9 Å². The highest BCUT2D eigenvalue weighted by molar-refractivity contribution is 6.36. The third kappa shape index (κ3) is 4.64. The molecule has 9 heteroatoms. The summed E-state index contributed by atoms with van der Waals surface area (Å²) >= 11 is 11.9. The van der Waals surface area contributed by atoms with Crippen LogP contribution in [-0.4, -0.2) is 29.1 Å². The molecule has 2 amide bonds. The lowest BCUT2D eigenvalue weighted by Crippen LogP contribution is -2.32. The van der Waals surface area contributed by atoms with E-state index in [1.807, 2.05) is 30.3 Å². The van der Waals surface area contributed by atoms with Crippen LogP contribution in [0.25, 0.3) is 22.5 Å². The molecule has 0 atom stereocenters. The number of carbonyl (C=O) groups is 1. The fourth-order valence-electron chi connectivity index (χ4n) is 2.84. The number of aromatic nitrogens is 2. The van der Waals surface area contributed by atoms with Crippen molar-refractivity contribution in [1.29, 1.82) is 0 Å². The van der Waals surface area contributed by atoms with Crippen LogP contribution in [-0.2, 0) is 0 Å². The number of hydrogen-bond acceptors (Lipinski definition) is 5. The molecule has 3 N–H and O–H groups in total. The predicted molar refractivity (Wildman–Crippen MR) is 119 cm³/mol. The normalized spacial score (nSPS) is 10.7. The summed E-state index contributed by atoms with van der Waals surface area (Å²) in [5, 5.41) is 10.5. The highest BCUT2D eigenvalue weighted by Crippen LogP contribution is 2.26. The van der Waals surface area contributed by atoms with Crippen LogP contribution in [0.15, 0.2) is 65.3 Å². The Balaban J connectivity index is 1.39. The minimum atomic E-state index is -0.371. The van der Waals surface area contributed by atoms with Gasteiger partial charge in [-0.3, -0.25) is 0 Å². The van der Waals surface area contributed by atoms with Gasteiger partial charge in [-0.15, -0.1) is 0 Å². The van der Waals surface area contributed by atoms with Crippen LogP contribution in [0.4, 0.5) is 16.3 Å². The summed E-state index contributed by atoms with van der Waals surface area (Å²) < 4.78 is 5.42. The van der Waals surface area contributed by atoms with Crippen molar-refractivity contribution >= 4 is 51.6 Å². The number of benzene rings is 2. The Morgan fingerprint density at radius 3 is 2.67 bits per heavy atom. The average molecular weight is 442 g/mol.